The van der Waals surface area contributed by atoms with Crippen LogP contribution in [0.3, 0.4) is 0 Å². The highest BCUT2D eigenvalue weighted by Gasteiger charge is 2.30. The summed E-state index contributed by atoms with van der Waals surface area (Å²) in [5, 5.41) is 0. The number of methoxy groups -OCH3 is 1. The summed E-state index contributed by atoms with van der Waals surface area (Å²) in [6.07, 6.45) is 4.07. The molecule has 19 heavy (non-hydrogen) atoms. The van der Waals surface area contributed by atoms with Crippen molar-refractivity contribution in [2.45, 2.75) is 38.0 Å². The van der Waals surface area contributed by atoms with Crippen LogP contribution in [0, 0.1) is 0 Å². The fourth-order valence-electron chi connectivity index (χ4n) is 2.27. The topological polar surface area (TPSA) is 57.5 Å². The lowest BCUT2D eigenvalue weighted by Crippen LogP contribution is -2.31. The van der Waals surface area contributed by atoms with Crippen molar-refractivity contribution in [2.75, 3.05) is 7.11 Å². The zero-order valence-electron chi connectivity index (χ0n) is 10.7. The number of ether oxygens (including phenoxy) is 2. The number of rotatable bonds is 4. The molecule has 0 aromatic carbocycles. The molecule has 0 amide bonds. The van der Waals surface area contributed by atoms with Crippen molar-refractivity contribution in [3.63, 3.8) is 0 Å². The molecule has 2 rings (SSSR count). The number of nitrogens with zero attached hydrogens (tertiary/aromatic N) is 1. The van der Waals surface area contributed by atoms with E-state index in [0.29, 0.717) is 0 Å². The Morgan fingerprint density at radius 2 is 2.16 bits per heavy atom. The summed E-state index contributed by atoms with van der Waals surface area (Å²) in [5.74, 6) is -0.408. The van der Waals surface area contributed by atoms with Crippen LogP contribution in [0.1, 0.15) is 19.3 Å². The van der Waals surface area contributed by atoms with Gasteiger partial charge in [0.2, 0.25) is 0 Å². The maximum absolute atomic E-state index is 11.8. The average molecular weight is 330 g/mol. The molecule has 1 fully saturated rings. The third-order valence-electron chi connectivity index (χ3n) is 3.22. The third kappa shape index (κ3) is 3.67. The number of pyridine rings is 1. The average Bonchev–Trinajstić information content (AvgIpc) is 2.81. The molecule has 0 aliphatic heterocycles. The Bertz CT molecular complexity index is 514. The van der Waals surface area contributed by atoms with Gasteiger partial charge in [0.05, 0.1) is 6.10 Å². The quantitative estimate of drug-likeness (QED) is 0.789. The maximum atomic E-state index is 11.8. The van der Waals surface area contributed by atoms with Crippen molar-refractivity contribution in [3.05, 3.63) is 33.2 Å². The molecule has 1 aliphatic carbocycles. The van der Waals surface area contributed by atoms with Crippen LogP contribution in [-0.4, -0.2) is 29.9 Å². The Kier molecular flexibility index (Phi) is 4.76. The Morgan fingerprint density at radius 1 is 1.42 bits per heavy atom. The van der Waals surface area contributed by atoms with Gasteiger partial charge in [0.1, 0.15) is 12.6 Å². The predicted molar refractivity (Wildman–Crippen MR) is 72.9 cm³/mol. The van der Waals surface area contributed by atoms with Crippen molar-refractivity contribution >= 4 is 21.9 Å². The fourth-order valence-corrected chi connectivity index (χ4v) is 2.65. The van der Waals surface area contributed by atoms with Crippen molar-refractivity contribution in [2.24, 2.45) is 0 Å². The van der Waals surface area contributed by atoms with E-state index in [0.717, 1.165) is 23.7 Å². The van der Waals surface area contributed by atoms with E-state index in [4.69, 9.17) is 9.47 Å². The first-order valence-corrected chi connectivity index (χ1v) is 6.97. The maximum Gasteiger partial charge on any atom is 0.326 e. The molecule has 1 aromatic rings. The van der Waals surface area contributed by atoms with Gasteiger partial charge in [-0.05, 0) is 41.3 Å². The number of hydrogen-bond donors (Lipinski definition) is 0. The van der Waals surface area contributed by atoms with Gasteiger partial charge in [-0.1, -0.05) is 0 Å². The molecule has 0 bridgehead atoms. The van der Waals surface area contributed by atoms with Crippen molar-refractivity contribution < 1.29 is 14.3 Å². The van der Waals surface area contributed by atoms with Crippen LogP contribution in [0.2, 0.25) is 0 Å². The van der Waals surface area contributed by atoms with Crippen LogP contribution < -0.4 is 5.56 Å². The van der Waals surface area contributed by atoms with Crippen LogP contribution in [-0.2, 0) is 20.8 Å². The van der Waals surface area contributed by atoms with Crippen molar-refractivity contribution in [1.82, 2.24) is 4.57 Å². The van der Waals surface area contributed by atoms with Gasteiger partial charge in [0.25, 0.3) is 5.56 Å². The minimum Gasteiger partial charge on any atom is -0.458 e. The highest BCUT2D eigenvalue weighted by atomic mass is 79.9. The third-order valence-corrected chi connectivity index (χ3v) is 3.69. The number of hydrogen-bond acceptors (Lipinski definition) is 4. The van der Waals surface area contributed by atoms with E-state index in [1.165, 1.54) is 10.6 Å². The highest BCUT2D eigenvalue weighted by molar-refractivity contribution is 9.10. The predicted octanol–water partition coefficient (Wildman–Crippen LogP) is 1.72. The van der Waals surface area contributed by atoms with Crippen LogP contribution in [0.15, 0.2) is 27.6 Å². The lowest BCUT2D eigenvalue weighted by Gasteiger charge is -2.18. The Hall–Kier alpha value is -1.14. The standard InChI is InChI=1S/C13H16BrNO4/c1-18-10-3-2-4-11(10)19-13(17)8-15-7-9(14)5-6-12(15)16/h5-7,10-11H,2-4,8H2,1H3/t10-,11-/m0/s1. The van der Waals surface area contributed by atoms with Gasteiger partial charge < -0.3 is 14.0 Å². The van der Waals surface area contributed by atoms with Gasteiger partial charge in [0.15, 0.2) is 0 Å². The molecule has 0 radical (unpaired) electrons. The van der Waals surface area contributed by atoms with Crippen LogP contribution in [0.25, 0.3) is 0 Å². The number of carbonyl (C=O) groups excluding carboxylic acids is 1. The fraction of sp³-hybridized carbons (Fsp3) is 0.538. The summed E-state index contributed by atoms with van der Waals surface area (Å²) in [6, 6.07) is 3.05. The second-order valence-corrected chi connectivity index (χ2v) is 5.46. The van der Waals surface area contributed by atoms with Crippen molar-refractivity contribution in [3.8, 4) is 0 Å². The van der Waals surface area contributed by atoms with E-state index >= 15 is 0 Å². The zero-order valence-corrected chi connectivity index (χ0v) is 12.3. The molecule has 0 N–H and O–H groups in total. The monoisotopic (exact) mass is 329 g/mol. The first-order valence-electron chi connectivity index (χ1n) is 6.18. The number of esters is 1. The summed E-state index contributed by atoms with van der Waals surface area (Å²) in [7, 11) is 1.62. The summed E-state index contributed by atoms with van der Waals surface area (Å²) >= 11 is 3.26. The highest BCUT2D eigenvalue weighted by Crippen LogP contribution is 2.24. The molecule has 6 heteroatoms. The van der Waals surface area contributed by atoms with Crippen molar-refractivity contribution in [1.29, 1.82) is 0 Å². The lowest BCUT2D eigenvalue weighted by atomic mass is 10.2. The molecule has 0 saturated heterocycles. The second kappa shape index (κ2) is 6.34. The summed E-state index contributed by atoms with van der Waals surface area (Å²) in [4.78, 5) is 23.4. The van der Waals surface area contributed by atoms with Crippen LogP contribution >= 0.6 is 15.9 Å². The van der Waals surface area contributed by atoms with Gasteiger partial charge in [-0.25, -0.2) is 0 Å². The summed E-state index contributed by atoms with van der Waals surface area (Å²) in [6.45, 7) is -0.0782. The second-order valence-electron chi connectivity index (χ2n) is 4.55. The Morgan fingerprint density at radius 3 is 2.89 bits per heavy atom. The number of carbonyl (C=O) groups is 1. The first kappa shape index (κ1) is 14.3. The minimum absolute atomic E-state index is 0.0248. The Balaban J connectivity index is 1.97. The van der Waals surface area contributed by atoms with E-state index in [9.17, 15) is 9.59 Å². The first-order chi connectivity index (χ1) is 9.10. The normalized spacial score (nSPS) is 22.4. The van der Waals surface area contributed by atoms with Gasteiger partial charge in [-0.15, -0.1) is 0 Å². The zero-order chi connectivity index (χ0) is 13.8. The summed E-state index contributed by atoms with van der Waals surface area (Å²) < 4.78 is 12.7. The molecule has 0 unspecified atom stereocenters. The molecular weight excluding hydrogens is 314 g/mol. The lowest BCUT2D eigenvalue weighted by molar-refractivity contribution is -0.155. The van der Waals surface area contributed by atoms with Crippen LogP contribution in [0.5, 0.6) is 0 Å². The molecule has 1 heterocycles. The molecule has 104 valence electrons. The molecule has 1 saturated carbocycles. The van der Waals surface area contributed by atoms with Gasteiger partial charge in [0, 0.05) is 23.8 Å². The smallest absolute Gasteiger partial charge is 0.326 e. The molecule has 0 spiro atoms. The Labute approximate surface area is 119 Å². The largest absolute Gasteiger partial charge is 0.458 e. The van der Waals surface area contributed by atoms with E-state index in [-0.39, 0.29) is 24.3 Å². The molecule has 5 nitrogen and oxygen atoms in total. The minimum atomic E-state index is -0.408. The van der Waals surface area contributed by atoms with Gasteiger partial charge in [-0.3, -0.25) is 9.59 Å². The van der Waals surface area contributed by atoms with Crippen LogP contribution in [0.4, 0.5) is 0 Å². The molecule has 1 aliphatic rings. The van der Waals surface area contributed by atoms with Gasteiger partial charge >= 0.3 is 5.97 Å². The van der Waals surface area contributed by atoms with E-state index in [1.54, 1.807) is 19.4 Å². The number of aromatic nitrogens is 1. The SMILES string of the molecule is CO[C@H]1CCC[C@@H]1OC(=O)Cn1cc(Br)ccc1=O. The van der Waals surface area contributed by atoms with Gasteiger partial charge in [-0.2, -0.15) is 0 Å². The number of halogens is 1. The molecule has 1 aromatic heterocycles. The molecule has 2 atom stereocenters. The summed E-state index contributed by atoms with van der Waals surface area (Å²) in [5.41, 5.74) is -0.227. The van der Waals surface area contributed by atoms with E-state index in [2.05, 4.69) is 15.9 Å². The molecular formula is C13H16BrNO4. The van der Waals surface area contributed by atoms with E-state index in [1.807, 2.05) is 0 Å². The van der Waals surface area contributed by atoms with E-state index < -0.39 is 5.97 Å².